The van der Waals surface area contributed by atoms with E-state index in [-0.39, 0.29) is 24.3 Å². The summed E-state index contributed by atoms with van der Waals surface area (Å²) < 4.78 is 5.43. The number of ether oxygens (including phenoxy) is 1. The predicted octanol–water partition coefficient (Wildman–Crippen LogP) is 6.62. The molecule has 0 radical (unpaired) electrons. The van der Waals surface area contributed by atoms with E-state index in [1.165, 1.54) is 4.90 Å². The van der Waals surface area contributed by atoms with Crippen LogP contribution in [0, 0.1) is 12.8 Å². The van der Waals surface area contributed by atoms with Crippen molar-refractivity contribution in [3.8, 4) is 0 Å². The van der Waals surface area contributed by atoms with Crippen molar-refractivity contribution in [2.75, 3.05) is 11.9 Å². The molecule has 0 aliphatic carbocycles. The van der Waals surface area contributed by atoms with Gasteiger partial charge in [-0.1, -0.05) is 74.0 Å². The largest absolute Gasteiger partial charge is 0.444 e. The molecule has 2 N–H and O–H groups in total. The minimum absolute atomic E-state index is 0.122. The molecular weight excluding hydrogens is 490 g/mol. The molecule has 0 spiro atoms. The summed E-state index contributed by atoms with van der Waals surface area (Å²) in [6.45, 7) is 13.4. The van der Waals surface area contributed by atoms with E-state index in [1.807, 2.05) is 94.4 Å². The van der Waals surface area contributed by atoms with Crippen LogP contribution in [0.3, 0.4) is 0 Å². The number of fused-ring (bicyclic) bond motifs is 1. The first-order chi connectivity index (χ1) is 18.4. The first-order valence-electron chi connectivity index (χ1n) is 13.5. The Hall–Kier alpha value is -3.87. The molecule has 0 aliphatic heterocycles. The summed E-state index contributed by atoms with van der Waals surface area (Å²) in [5.41, 5.74) is 1.68. The number of aryl methyl sites for hydroxylation is 1. The van der Waals surface area contributed by atoms with Crippen LogP contribution in [0.2, 0.25) is 0 Å². The van der Waals surface area contributed by atoms with Crippen LogP contribution in [0.1, 0.15) is 65.1 Å². The van der Waals surface area contributed by atoms with Crippen molar-refractivity contribution < 1.29 is 19.1 Å². The van der Waals surface area contributed by atoms with E-state index in [4.69, 9.17) is 4.74 Å². The highest BCUT2D eigenvalue weighted by atomic mass is 16.6. The van der Waals surface area contributed by atoms with Gasteiger partial charge in [-0.05, 0) is 75.4 Å². The first kappa shape index (κ1) is 29.7. The van der Waals surface area contributed by atoms with Crippen LogP contribution in [-0.2, 0) is 14.3 Å². The van der Waals surface area contributed by atoms with Gasteiger partial charge in [0.25, 0.3) is 5.91 Å². The van der Waals surface area contributed by atoms with Gasteiger partial charge < -0.3 is 20.3 Å². The molecule has 2 unspecified atom stereocenters. The SMILES string of the molecule is CCN(C(=O)C(CC(C)C)NC(=O)OC(C)(C)C)C(C(=O)Nc1ccc2ccccc2c1)c1ccc(C)cc1. The number of likely N-dealkylation sites (N-methyl/N-ethyl adjacent to an activating group) is 1. The highest BCUT2D eigenvalue weighted by Gasteiger charge is 2.35. The molecule has 39 heavy (non-hydrogen) atoms. The molecule has 3 aromatic carbocycles. The summed E-state index contributed by atoms with van der Waals surface area (Å²) >= 11 is 0. The van der Waals surface area contributed by atoms with Crippen molar-refractivity contribution in [1.82, 2.24) is 10.2 Å². The minimum atomic E-state index is -0.898. The van der Waals surface area contributed by atoms with Gasteiger partial charge >= 0.3 is 6.09 Å². The molecule has 3 rings (SSSR count). The normalized spacial score (nSPS) is 13.0. The smallest absolute Gasteiger partial charge is 0.408 e. The van der Waals surface area contributed by atoms with Gasteiger partial charge in [0.2, 0.25) is 5.91 Å². The molecule has 7 nitrogen and oxygen atoms in total. The number of amides is 3. The number of benzene rings is 3. The Balaban J connectivity index is 1.95. The molecule has 7 heteroatoms. The fourth-order valence-corrected chi connectivity index (χ4v) is 4.51. The maximum atomic E-state index is 14.0. The van der Waals surface area contributed by atoms with E-state index in [0.29, 0.717) is 17.7 Å². The number of hydrogen-bond acceptors (Lipinski definition) is 4. The third-order valence-electron chi connectivity index (χ3n) is 6.29. The summed E-state index contributed by atoms with van der Waals surface area (Å²) in [4.78, 5) is 42.1. The molecule has 0 aromatic heterocycles. The average molecular weight is 532 g/mol. The Morgan fingerprint density at radius 2 is 1.56 bits per heavy atom. The standard InChI is InChI=1S/C32H41N3O4/c1-8-35(30(37)27(19-21(2)3)34-31(38)39-32(5,6)7)28(24-15-13-22(4)14-16-24)29(36)33-26-18-17-23-11-9-10-12-25(23)20-26/h9-18,20-21,27-28H,8,19H2,1-7H3,(H,33,36)(H,34,38). The van der Waals surface area contributed by atoms with Gasteiger partial charge in [-0.2, -0.15) is 0 Å². The number of hydrogen-bond donors (Lipinski definition) is 2. The summed E-state index contributed by atoms with van der Waals surface area (Å²) in [6, 6.07) is 19.5. The highest BCUT2D eigenvalue weighted by molar-refractivity contribution is 6.00. The number of carbonyl (C=O) groups is 3. The first-order valence-corrected chi connectivity index (χ1v) is 13.5. The Morgan fingerprint density at radius 1 is 0.923 bits per heavy atom. The number of alkyl carbamates (subject to hydrolysis) is 1. The highest BCUT2D eigenvalue weighted by Crippen LogP contribution is 2.27. The fourth-order valence-electron chi connectivity index (χ4n) is 4.51. The predicted molar refractivity (Wildman–Crippen MR) is 156 cm³/mol. The van der Waals surface area contributed by atoms with Gasteiger partial charge in [0.1, 0.15) is 17.7 Å². The lowest BCUT2D eigenvalue weighted by Crippen LogP contribution is -2.52. The van der Waals surface area contributed by atoms with E-state index in [2.05, 4.69) is 10.6 Å². The lowest BCUT2D eigenvalue weighted by molar-refractivity contribution is -0.140. The van der Waals surface area contributed by atoms with Gasteiger partial charge in [0.15, 0.2) is 0 Å². The van der Waals surface area contributed by atoms with Crippen LogP contribution < -0.4 is 10.6 Å². The molecule has 0 fully saturated rings. The van der Waals surface area contributed by atoms with Crippen molar-refractivity contribution >= 4 is 34.4 Å². The zero-order valence-electron chi connectivity index (χ0n) is 24.1. The van der Waals surface area contributed by atoms with Gasteiger partial charge in [-0.3, -0.25) is 9.59 Å². The maximum Gasteiger partial charge on any atom is 0.408 e. The molecular formula is C32H41N3O4. The third kappa shape index (κ3) is 8.31. The molecule has 3 aromatic rings. The second kappa shape index (κ2) is 12.8. The van der Waals surface area contributed by atoms with E-state index in [0.717, 1.165) is 16.3 Å². The average Bonchev–Trinajstić information content (AvgIpc) is 2.85. The molecule has 0 saturated carbocycles. The van der Waals surface area contributed by atoms with Gasteiger partial charge in [-0.15, -0.1) is 0 Å². The van der Waals surface area contributed by atoms with Crippen LogP contribution in [0.15, 0.2) is 66.7 Å². The van der Waals surface area contributed by atoms with Crippen molar-refractivity contribution in [2.24, 2.45) is 5.92 Å². The van der Waals surface area contributed by atoms with Crippen molar-refractivity contribution in [1.29, 1.82) is 0 Å². The second-order valence-electron chi connectivity index (χ2n) is 11.3. The molecule has 0 bridgehead atoms. The van der Waals surface area contributed by atoms with Crippen LogP contribution in [0.4, 0.5) is 10.5 Å². The minimum Gasteiger partial charge on any atom is -0.444 e. The Labute approximate surface area is 231 Å². The summed E-state index contributed by atoms with van der Waals surface area (Å²) in [5.74, 6) is -0.543. The van der Waals surface area contributed by atoms with Crippen LogP contribution in [-0.4, -0.2) is 41.0 Å². The molecule has 3 amide bonds. The zero-order chi connectivity index (χ0) is 28.7. The van der Waals surface area contributed by atoms with Gasteiger partial charge in [0.05, 0.1) is 0 Å². The van der Waals surface area contributed by atoms with Gasteiger partial charge in [0, 0.05) is 12.2 Å². The Kier molecular flexibility index (Phi) is 9.73. The van der Waals surface area contributed by atoms with Crippen molar-refractivity contribution in [3.63, 3.8) is 0 Å². The quantitative estimate of drug-likeness (QED) is 0.325. The lowest BCUT2D eigenvalue weighted by Gasteiger charge is -2.34. The van der Waals surface area contributed by atoms with E-state index in [1.54, 1.807) is 20.8 Å². The maximum absolute atomic E-state index is 14.0. The van der Waals surface area contributed by atoms with Crippen LogP contribution in [0.5, 0.6) is 0 Å². The number of carbonyl (C=O) groups excluding carboxylic acids is 3. The molecule has 0 heterocycles. The molecule has 208 valence electrons. The monoisotopic (exact) mass is 531 g/mol. The van der Waals surface area contributed by atoms with Gasteiger partial charge in [-0.25, -0.2) is 4.79 Å². The van der Waals surface area contributed by atoms with E-state index in [9.17, 15) is 14.4 Å². The lowest BCUT2D eigenvalue weighted by atomic mass is 9.98. The summed E-state index contributed by atoms with van der Waals surface area (Å²) in [6.07, 6.45) is -0.258. The topological polar surface area (TPSA) is 87.7 Å². The molecule has 0 saturated heterocycles. The zero-order valence-corrected chi connectivity index (χ0v) is 24.1. The number of nitrogens with zero attached hydrogens (tertiary/aromatic N) is 1. The summed E-state index contributed by atoms with van der Waals surface area (Å²) in [7, 11) is 0. The van der Waals surface area contributed by atoms with E-state index >= 15 is 0 Å². The van der Waals surface area contributed by atoms with Crippen LogP contribution in [0.25, 0.3) is 10.8 Å². The third-order valence-corrected chi connectivity index (χ3v) is 6.29. The second-order valence-corrected chi connectivity index (χ2v) is 11.3. The van der Waals surface area contributed by atoms with Crippen molar-refractivity contribution in [2.45, 2.75) is 72.6 Å². The number of rotatable bonds is 9. The van der Waals surface area contributed by atoms with Crippen LogP contribution >= 0.6 is 0 Å². The fraction of sp³-hybridized carbons (Fsp3) is 0.406. The Bertz CT molecular complexity index is 1290. The molecule has 2 atom stereocenters. The van der Waals surface area contributed by atoms with E-state index < -0.39 is 23.8 Å². The van der Waals surface area contributed by atoms with Crippen molar-refractivity contribution in [3.05, 3.63) is 77.9 Å². The summed E-state index contributed by atoms with van der Waals surface area (Å²) in [5, 5.41) is 7.86. The Morgan fingerprint density at radius 3 is 2.15 bits per heavy atom. The number of nitrogens with one attached hydrogen (secondary N) is 2. The number of anilines is 1. The molecule has 0 aliphatic rings.